The number of carbonyl (C=O) groups excluding carboxylic acids is 3. The van der Waals surface area contributed by atoms with Gasteiger partial charge in [0, 0.05) is 30.6 Å². The van der Waals surface area contributed by atoms with E-state index in [0.29, 0.717) is 84.7 Å². The zero-order chi connectivity index (χ0) is 30.5. The number of amides is 3. The van der Waals surface area contributed by atoms with Crippen LogP contribution in [0, 0.1) is 0 Å². The van der Waals surface area contributed by atoms with Crippen molar-refractivity contribution in [3.63, 3.8) is 0 Å². The summed E-state index contributed by atoms with van der Waals surface area (Å²) in [4.78, 5) is 41.4. The van der Waals surface area contributed by atoms with Gasteiger partial charge >= 0.3 is 0 Å². The molecule has 3 rings (SSSR count). The summed E-state index contributed by atoms with van der Waals surface area (Å²) in [5.41, 5.74) is 1.94. The number of hydrogen-bond donors (Lipinski definition) is 2. The summed E-state index contributed by atoms with van der Waals surface area (Å²) >= 11 is 0. The Bertz CT molecular complexity index is 1160. The van der Waals surface area contributed by atoms with Crippen molar-refractivity contribution in [3.05, 3.63) is 48.0 Å². The Labute approximate surface area is 254 Å². The highest BCUT2D eigenvalue weighted by atomic mass is 16.6. The van der Waals surface area contributed by atoms with E-state index in [2.05, 4.69) is 23.6 Å². The number of fused-ring (bicyclic) bond motifs is 1. The highest BCUT2D eigenvalue weighted by molar-refractivity contribution is 6.12. The first-order valence-electron chi connectivity index (χ1n) is 15.3. The molecule has 3 amide bonds. The van der Waals surface area contributed by atoms with Crippen molar-refractivity contribution in [1.29, 1.82) is 0 Å². The molecule has 0 aliphatic carbocycles. The molecular formula is C32H46N4O7. The van der Waals surface area contributed by atoms with Gasteiger partial charge in [-0.1, -0.05) is 38.0 Å². The van der Waals surface area contributed by atoms with Crippen LogP contribution in [0.15, 0.2) is 42.5 Å². The van der Waals surface area contributed by atoms with Crippen molar-refractivity contribution < 1.29 is 33.3 Å². The number of imide groups is 1. The number of benzene rings is 1. The Balaban J connectivity index is 1.11. The van der Waals surface area contributed by atoms with Gasteiger partial charge in [0.05, 0.1) is 64.8 Å². The van der Waals surface area contributed by atoms with Gasteiger partial charge in [-0.2, -0.15) is 0 Å². The third-order valence-electron chi connectivity index (χ3n) is 6.76. The van der Waals surface area contributed by atoms with E-state index in [1.807, 2.05) is 24.3 Å². The Morgan fingerprint density at radius 1 is 0.814 bits per heavy atom. The number of para-hydroxylation sites is 1. The number of hydrogen-bond acceptors (Lipinski definition) is 9. The Kier molecular flexibility index (Phi) is 16.5. The van der Waals surface area contributed by atoms with Gasteiger partial charge in [-0.3, -0.25) is 19.3 Å². The van der Waals surface area contributed by atoms with E-state index in [0.717, 1.165) is 42.1 Å². The fraction of sp³-hybridized carbons (Fsp3) is 0.562. The number of ether oxygens (including phenoxy) is 4. The van der Waals surface area contributed by atoms with Crippen LogP contribution in [0.3, 0.4) is 0 Å². The van der Waals surface area contributed by atoms with Crippen molar-refractivity contribution in [2.24, 2.45) is 0 Å². The van der Waals surface area contributed by atoms with Crippen LogP contribution in [0.1, 0.15) is 44.6 Å². The predicted molar refractivity (Wildman–Crippen MR) is 165 cm³/mol. The van der Waals surface area contributed by atoms with Crippen LogP contribution in [-0.2, 0) is 39.8 Å². The van der Waals surface area contributed by atoms with Crippen LogP contribution in [0.2, 0.25) is 0 Å². The smallest absolute Gasteiger partial charge is 0.253 e. The van der Waals surface area contributed by atoms with Gasteiger partial charge in [0.25, 0.3) is 11.8 Å². The maximum absolute atomic E-state index is 12.5. The fourth-order valence-corrected chi connectivity index (χ4v) is 4.43. The summed E-state index contributed by atoms with van der Waals surface area (Å²) in [6.45, 7) is 7.57. The first-order chi connectivity index (χ1) is 21.1. The van der Waals surface area contributed by atoms with E-state index in [1.54, 1.807) is 0 Å². The second-order valence-corrected chi connectivity index (χ2v) is 10.2. The number of nitrogens with zero attached hydrogens (tertiary/aromatic N) is 2. The molecule has 43 heavy (non-hydrogen) atoms. The van der Waals surface area contributed by atoms with E-state index in [-0.39, 0.29) is 24.1 Å². The molecular weight excluding hydrogens is 552 g/mol. The molecule has 0 bridgehead atoms. The third kappa shape index (κ3) is 13.3. The zero-order valence-electron chi connectivity index (χ0n) is 25.3. The first kappa shape index (κ1) is 34.3. The molecule has 1 aliphatic rings. The molecule has 1 aliphatic heterocycles. The summed E-state index contributed by atoms with van der Waals surface area (Å²) in [6, 6.07) is 10.1. The van der Waals surface area contributed by atoms with Crippen LogP contribution in [0.4, 0.5) is 5.82 Å². The molecule has 11 nitrogen and oxygen atoms in total. The van der Waals surface area contributed by atoms with Crippen molar-refractivity contribution in [1.82, 2.24) is 15.2 Å². The first-order valence-corrected chi connectivity index (χ1v) is 15.3. The van der Waals surface area contributed by atoms with Crippen molar-refractivity contribution >= 4 is 34.4 Å². The number of carbonyl (C=O) groups is 3. The van der Waals surface area contributed by atoms with Crippen LogP contribution in [-0.4, -0.2) is 100 Å². The molecule has 2 N–H and O–H groups in total. The number of aryl methyl sites for hydroxylation is 1. The second-order valence-electron chi connectivity index (χ2n) is 10.2. The number of pyridine rings is 1. The molecule has 0 saturated heterocycles. The molecule has 0 radical (unpaired) electrons. The van der Waals surface area contributed by atoms with E-state index in [1.165, 1.54) is 17.1 Å². The van der Waals surface area contributed by atoms with Gasteiger partial charge in [0.2, 0.25) is 5.91 Å². The fourth-order valence-electron chi connectivity index (χ4n) is 4.43. The van der Waals surface area contributed by atoms with E-state index < -0.39 is 0 Å². The van der Waals surface area contributed by atoms with Crippen molar-refractivity contribution in [3.8, 4) is 0 Å². The average molecular weight is 599 g/mol. The minimum atomic E-state index is -0.244. The Morgan fingerprint density at radius 2 is 1.47 bits per heavy atom. The lowest BCUT2D eigenvalue weighted by Gasteiger charge is -2.13. The standard InChI is InChI=1S/C32H46N4O7/c1-2-3-4-9-27-25-26-8-5-6-10-28(26)34-32(27)35-29(37)13-17-40-19-21-42-23-24-43-22-20-41-18-15-33-14-7-16-36-30(38)11-12-31(36)39/h5-6,8,10-12,25,33H,2-4,7,9,13-24H2,1H3,(H,34,35,37). The van der Waals surface area contributed by atoms with Crippen LogP contribution < -0.4 is 10.6 Å². The van der Waals surface area contributed by atoms with Crippen molar-refractivity contribution in [2.45, 2.75) is 45.4 Å². The summed E-state index contributed by atoms with van der Waals surface area (Å²) in [7, 11) is 0. The number of nitrogens with one attached hydrogen (secondary N) is 2. The lowest BCUT2D eigenvalue weighted by molar-refractivity contribution is -0.136. The van der Waals surface area contributed by atoms with E-state index >= 15 is 0 Å². The molecule has 0 unspecified atom stereocenters. The minimum Gasteiger partial charge on any atom is -0.379 e. The SMILES string of the molecule is CCCCCc1cc2ccccc2nc1NC(=O)CCOCCOCCOCCOCCNCCCN1C(=O)C=CC1=O. The number of rotatable bonds is 24. The van der Waals surface area contributed by atoms with Crippen LogP contribution in [0.5, 0.6) is 0 Å². The second kappa shape index (κ2) is 20.6. The topological polar surface area (TPSA) is 128 Å². The third-order valence-corrected chi connectivity index (χ3v) is 6.76. The van der Waals surface area contributed by atoms with E-state index in [4.69, 9.17) is 23.9 Å². The van der Waals surface area contributed by atoms with Gasteiger partial charge in [0.15, 0.2) is 0 Å². The molecule has 1 aromatic carbocycles. The van der Waals surface area contributed by atoms with Gasteiger partial charge < -0.3 is 29.6 Å². The highest BCUT2D eigenvalue weighted by Gasteiger charge is 2.22. The normalized spacial score (nSPS) is 13.0. The molecule has 0 fully saturated rings. The molecule has 236 valence electrons. The summed E-state index contributed by atoms with van der Waals surface area (Å²) < 4.78 is 22.1. The molecule has 0 atom stereocenters. The summed E-state index contributed by atoms with van der Waals surface area (Å²) in [6.07, 6.45) is 7.79. The molecule has 2 heterocycles. The zero-order valence-corrected chi connectivity index (χ0v) is 25.3. The van der Waals surface area contributed by atoms with Gasteiger partial charge in [0.1, 0.15) is 5.82 Å². The maximum atomic E-state index is 12.5. The summed E-state index contributed by atoms with van der Waals surface area (Å²) in [5, 5.41) is 7.28. The quantitative estimate of drug-likeness (QED) is 0.138. The molecule has 1 aromatic heterocycles. The van der Waals surface area contributed by atoms with Crippen LogP contribution in [0.25, 0.3) is 10.9 Å². The number of anilines is 1. The van der Waals surface area contributed by atoms with E-state index in [9.17, 15) is 14.4 Å². The van der Waals surface area contributed by atoms with Gasteiger partial charge in [-0.15, -0.1) is 0 Å². The lowest BCUT2D eigenvalue weighted by atomic mass is 10.1. The maximum Gasteiger partial charge on any atom is 0.253 e. The molecule has 0 saturated carbocycles. The summed E-state index contributed by atoms with van der Waals surface area (Å²) in [5.74, 6) is 0.0424. The number of aromatic nitrogens is 1. The minimum absolute atomic E-state index is 0.113. The largest absolute Gasteiger partial charge is 0.379 e. The van der Waals surface area contributed by atoms with Gasteiger partial charge in [-0.05, 0) is 43.5 Å². The van der Waals surface area contributed by atoms with Crippen LogP contribution >= 0.6 is 0 Å². The highest BCUT2D eigenvalue weighted by Crippen LogP contribution is 2.22. The van der Waals surface area contributed by atoms with Crippen molar-refractivity contribution in [2.75, 3.05) is 77.8 Å². The average Bonchev–Trinajstić information content (AvgIpc) is 3.33. The monoisotopic (exact) mass is 598 g/mol. The van der Waals surface area contributed by atoms with Gasteiger partial charge in [-0.25, -0.2) is 4.98 Å². The molecule has 0 spiro atoms. The number of unbranched alkanes of at least 4 members (excludes halogenated alkanes) is 2. The molecule has 2 aromatic rings. The Morgan fingerprint density at radius 3 is 2.16 bits per heavy atom. The predicted octanol–water partition coefficient (Wildman–Crippen LogP) is 3.27. The molecule has 11 heteroatoms. The Hall–Kier alpha value is -3.22. The lowest BCUT2D eigenvalue weighted by Crippen LogP contribution is -2.33.